The summed E-state index contributed by atoms with van der Waals surface area (Å²) in [4.78, 5) is 45.2. The van der Waals surface area contributed by atoms with E-state index in [0.717, 1.165) is 12.5 Å². The first-order chi connectivity index (χ1) is 10.5. The van der Waals surface area contributed by atoms with Gasteiger partial charge in [-0.1, -0.05) is 36.4 Å². The second kappa shape index (κ2) is 8.48. The second-order valence-corrected chi connectivity index (χ2v) is 4.34. The van der Waals surface area contributed by atoms with Gasteiger partial charge in [0, 0.05) is 6.92 Å². The zero-order chi connectivity index (χ0) is 16.5. The number of rotatable bonds is 8. The Kier molecular flexibility index (Phi) is 6.65. The van der Waals surface area contributed by atoms with Crippen LogP contribution in [0.15, 0.2) is 36.4 Å². The summed E-state index contributed by atoms with van der Waals surface area (Å²) in [7, 11) is 0. The van der Waals surface area contributed by atoms with Gasteiger partial charge < -0.3 is 9.90 Å². The normalized spacial score (nSPS) is 11.9. The van der Waals surface area contributed by atoms with E-state index in [2.05, 4.69) is 5.43 Å². The molecule has 0 saturated carbocycles. The van der Waals surface area contributed by atoms with Gasteiger partial charge in [0.2, 0.25) is 5.91 Å². The largest absolute Gasteiger partial charge is 0.480 e. The van der Waals surface area contributed by atoms with Crippen molar-refractivity contribution in [3.63, 3.8) is 0 Å². The summed E-state index contributed by atoms with van der Waals surface area (Å²) < 4.78 is 0. The summed E-state index contributed by atoms with van der Waals surface area (Å²) >= 11 is 0. The number of hydrogen-bond donors (Lipinski definition) is 2. The van der Waals surface area contributed by atoms with Crippen LogP contribution in [-0.4, -0.2) is 46.6 Å². The number of ketones is 1. The van der Waals surface area contributed by atoms with Crippen LogP contribution in [0.5, 0.6) is 0 Å². The van der Waals surface area contributed by atoms with Gasteiger partial charge in [-0.2, -0.15) is 0 Å². The Balaban J connectivity index is 2.84. The molecule has 0 aliphatic heterocycles. The maximum atomic E-state index is 12.0. The van der Waals surface area contributed by atoms with Crippen LogP contribution >= 0.6 is 0 Å². The lowest BCUT2D eigenvalue weighted by Crippen LogP contribution is -2.53. The van der Waals surface area contributed by atoms with Crippen LogP contribution in [0, 0.1) is 0 Å². The van der Waals surface area contributed by atoms with Gasteiger partial charge in [-0.3, -0.25) is 19.4 Å². The number of carboxylic acid groups (broad SMARTS) is 1. The molecule has 7 nitrogen and oxygen atoms in total. The van der Waals surface area contributed by atoms with Gasteiger partial charge in [0.1, 0.15) is 6.54 Å². The molecule has 0 aliphatic carbocycles. The van der Waals surface area contributed by atoms with Gasteiger partial charge in [0.15, 0.2) is 18.1 Å². The Morgan fingerprint density at radius 2 is 1.91 bits per heavy atom. The van der Waals surface area contributed by atoms with E-state index in [9.17, 15) is 19.2 Å². The first-order valence-corrected chi connectivity index (χ1v) is 6.43. The average Bonchev–Trinajstić information content (AvgIpc) is 2.49. The SMILES string of the molecule is CC(=O)N(NCC(=O)O)C(C=O)C(=O)C=Cc1ccccc1. The number of nitrogens with zero attached hydrogens (tertiary/aromatic N) is 1. The molecule has 0 spiro atoms. The van der Waals surface area contributed by atoms with Gasteiger partial charge in [0.05, 0.1) is 0 Å². The van der Waals surface area contributed by atoms with Crippen molar-refractivity contribution in [2.24, 2.45) is 0 Å². The molecule has 0 heterocycles. The van der Waals surface area contributed by atoms with Gasteiger partial charge in [0.25, 0.3) is 0 Å². The number of benzene rings is 1. The highest BCUT2D eigenvalue weighted by atomic mass is 16.4. The van der Waals surface area contributed by atoms with E-state index >= 15 is 0 Å². The van der Waals surface area contributed by atoms with Gasteiger partial charge in [-0.05, 0) is 11.6 Å². The predicted molar refractivity (Wildman–Crippen MR) is 78.5 cm³/mol. The van der Waals surface area contributed by atoms with Crippen molar-refractivity contribution in [2.75, 3.05) is 6.54 Å². The van der Waals surface area contributed by atoms with Gasteiger partial charge >= 0.3 is 5.97 Å². The molecule has 22 heavy (non-hydrogen) atoms. The maximum Gasteiger partial charge on any atom is 0.319 e. The lowest BCUT2D eigenvalue weighted by Gasteiger charge is -2.25. The van der Waals surface area contributed by atoms with Crippen molar-refractivity contribution in [1.82, 2.24) is 10.4 Å². The van der Waals surface area contributed by atoms with E-state index in [0.29, 0.717) is 5.01 Å². The van der Waals surface area contributed by atoms with E-state index in [1.165, 1.54) is 12.2 Å². The number of hydrogen-bond acceptors (Lipinski definition) is 5. The summed E-state index contributed by atoms with van der Waals surface area (Å²) in [5, 5.41) is 9.31. The highest BCUT2D eigenvalue weighted by Gasteiger charge is 2.26. The van der Waals surface area contributed by atoms with E-state index in [-0.39, 0.29) is 6.29 Å². The maximum absolute atomic E-state index is 12.0. The molecule has 0 fully saturated rings. The standard InChI is InChI=1S/C15H16N2O5/c1-11(19)17(16-9-15(21)22)13(10-18)14(20)8-7-12-5-3-2-4-6-12/h2-8,10,13,16H,9H2,1H3,(H,21,22). The average molecular weight is 304 g/mol. The molecule has 1 rings (SSSR count). The van der Waals surface area contributed by atoms with Crippen molar-refractivity contribution >= 4 is 30.0 Å². The summed E-state index contributed by atoms with van der Waals surface area (Å²) in [5.41, 5.74) is 3.00. The van der Waals surface area contributed by atoms with Crippen LogP contribution < -0.4 is 5.43 Å². The molecule has 7 heteroatoms. The Bertz CT molecular complexity index is 583. The third-order valence-corrected chi connectivity index (χ3v) is 2.68. The molecule has 116 valence electrons. The van der Waals surface area contributed by atoms with Crippen molar-refractivity contribution in [2.45, 2.75) is 13.0 Å². The van der Waals surface area contributed by atoms with Crippen molar-refractivity contribution in [3.8, 4) is 0 Å². The molecule has 0 aliphatic rings. The molecule has 0 radical (unpaired) electrons. The van der Waals surface area contributed by atoms with Crippen molar-refractivity contribution < 1.29 is 24.3 Å². The van der Waals surface area contributed by atoms with Gasteiger partial charge in [-0.25, -0.2) is 5.43 Å². The second-order valence-electron chi connectivity index (χ2n) is 4.34. The zero-order valence-corrected chi connectivity index (χ0v) is 11.9. The molecular weight excluding hydrogens is 288 g/mol. The van der Waals surface area contributed by atoms with E-state index in [1.54, 1.807) is 24.3 Å². The molecule has 2 N–H and O–H groups in total. The minimum absolute atomic E-state index is 0.286. The summed E-state index contributed by atoms with van der Waals surface area (Å²) in [6, 6.07) is 7.52. The van der Waals surface area contributed by atoms with E-state index in [1.807, 2.05) is 6.07 Å². The van der Waals surface area contributed by atoms with Crippen LogP contribution in [0.1, 0.15) is 12.5 Å². The molecular formula is C15H16N2O5. The number of aliphatic carboxylic acids is 1. The van der Waals surface area contributed by atoms with Gasteiger partial charge in [-0.15, -0.1) is 0 Å². The third kappa shape index (κ3) is 5.29. The fraction of sp³-hybridized carbons (Fsp3) is 0.200. The van der Waals surface area contributed by atoms with Crippen LogP contribution in [0.25, 0.3) is 6.08 Å². The molecule has 0 aromatic heterocycles. The fourth-order valence-corrected chi connectivity index (χ4v) is 1.65. The summed E-state index contributed by atoms with van der Waals surface area (Å²) in [5.74, 6) is -2.49. The number of carbonyl (C=O) groups excluding carboxylic acids is 3. The minimum Gasteiger partial charge on any atom is -0.480 e. The number of carboxylic acids is 1. The lowest BCUT2D eigenvalue weighted by atomic mass is 10.1. The van der Waals surface area contributed by atoms with Crippen LogP contribution in [0.3, 0.4) is 0 Å². The highest BCUT2D eigenvalue weighted by Crippen LogP contribution is 2.04. The lowest BCUT2D eigenvalue weighted by molar-refractivity contribution is -0.146. The number of nitrogens with one attached hydrogen (secondary N) is 1. The highest BCUT2D eigenvalue weighted by molar-refractivity contribution is 6.08. The Morgan fingerprint density at radius 3 is 2.41 bits per heavy atom. The van der Waals surface area contributed by atoms with Crippen LogP contribution in [0.2, 0.25) is 0 Å². The molecule has 1 atom stereocenters. The number of carbonyl (C=O) groups is 4. The molecule has 1 aromatic rings. The molecule has 1 unspecified atom stereocenters. The first-order valence-electron chi connectivity index (χ1n) is 6.43. The third-order valence-electron chi connectivity index (χ3n) is 2.68. The van der Waals surface area contributed by atoms with Crippen LogP contribution in [-0.2, 0) is 19.2 Å². The van der Waals surface area contributed by atoms with Crippen LogP contribution in [0.4, 0.5) is 0 Å². The summed E-state index contributed by atoms with van der Waals surface area (Å²) in [6.45, 7) is 0.541. The van der Waals surface area contributed by atoms with Crippen molar-refractivity contribution in [3.05, 3.63) is 42.0 Å². The Morgan fingerprint density at radius 1 is 1.27 bits per heavy atom. The summed E-state index contributed by atoms with van der Waals surface area (Å²) in [6.07, 6.45) is 2.97. The number of amides is 1. The number of hydrazine groups is 1. The fourth-order valence-electron chi connectivity index (χ4n) is 1.65. The Hall–Kier alpha value is -2.80. The molecule has 0 saturated heterocycles. The van der Waals surface area contributed by atoms with E-state index in [4.69, 9.17) is 5.11 Å². The molecule has 1 aromatic carbocycles. The molecule has 1 amide bonds. The Labute approximate surface area is 127 Å². The molecule has 0 bridgehead atoms. The quantitative estimate of drug-likeness (QED) is 0.309. The minimum atomic E-state index is -1.42. The monoisotopic (exact) mass is 304 g/mol. The smallest absolute Gasteiger partial charge is 0.319 e. The van der Waals surface area contributed by atoms with E-state index < -0.39 is 30.2 Å². The zero-order valence-electron chi connectivity index (χ0n) is 11.9. The van der Waals surface area contributed by atoms with Crippen molar-refractivity contribution in [1.29, 1.82) is 0 Å². The topological polar surface area (TPSA) is 104 Å². The first kappa shape index (κ1) is 17.3. The number of aldehydes is 1. The predicted octanol–water partition coefficient (Wildman–Crippen LogP) is 0.274.